The number of aromatic amines is 1. The summed E-state index contributed by atoms with van der Waals surface area (Å²) in [4.78, 5) is 10.4. The highest BCUT2D eigenvalue weighted by atomic mass is 15.2. The van der Waals surface area contributed by atoms with Crippen molar-refractivity contribution in [1.29, 1.82) is 0 Å². The number of nitrogens with zero attached hydrogens (tertiary/aromatic N) is 2. The molecule has 1 atom stereocenters. The minimum Gasteiger partial charge on any atom is -0.342 e. The van der Waals surface area contributed by atoms with E-state index in [0.717, 1.165) is 36.4 Å². The first kappa shape index (κ1) is 13.5. The van der Waals surface area contributed by atoms with Crippen LogP contribution >= 0.6 is 0 Å². The number of rotatable bonds is 2. The van der Waals surface area contributed by atoms with Crippen molar-refractivity contribution in [3.63, 3.8) is 0 Å². The highest BCUT2D eigenvalue weighted by Gasteiger charge is 2.21. The lowest BCUT2D eigenvalue weighted by Gasteiger charge is -2.34. The van der Waals surface area contributed by atoms with E-state index >= 15 is 0 Å². The summed E-state index contributed by atoms with van der Waals surface area (Å²) in [6, 6.07) is 15.8. The van der Waals surface area contributed by atoms with Gasteiger partial charge in [0.25, 0.3) is 0 Å². The molecule has 3 heteroatoms. The molecule has 112 valence electrons. The van der Waals surface area contributed by atoms with Crippen LogP contribution in [0.3, 0.4) is 0 Å². The van der Waals surface area contributed by atoms with Crippen molar-refractivity contribution in [2.45, 2.75) is 32.9 Å². The Morgan fingerprint density at radius 2 is 1.95 bits per heavy atom. The molecule has 0 saturated heterocycles. The van der Waals surface area contributed by atoms with Crippen LogP contribution in [-0.2, 0) is 13.0 Å². The molecule has 0 bridgehead atoms. The summed E-state index contributed by atoms with van der Waals surface area (Å²) in [5.74, 6) is 0.978. The number of H-pyrrole nitrogens is 1. The fourth-order valence-corrected chi connectivity index (χ4v) is 3.47. The van der Waals surface area contributed by atoms with Crippen molar-refractivity contribution < 1.29 is 0 Å². The van der Waals surface area contributed by atoms with Gasteiger partial charge in [0.05, 0.1) is 11.0 Å². The third kappa shape index (κ3) is 2.32. The molecule has 2 aromatic carbocycles. The van der Waals surface area contributed by atoms with Crippen LogP contribution in [0.4, 0.5) is 0 Å². The maximum atomic E-state index is 4.49. The Hall–Kier alpha value is -2.13. The van der Waals surface area contributed by atoms with Crippen LogP contribution in [0.25, 0.3) is 11.0 Å². The molecule has 22 heavy (non-hydrogen) atoms. The zero-order valence-corrected chi connectivity index (χ0v) is 13.1. The molecule has 0 saturated carbocycles. The van der Waals surface area contributed by atoms with Crippen molar-refractivity contribution in [2.75, 3.05) is 6.54 Å². The maximum Gasteiger partial charge on any atom is 0.104 e. The number of hydrogen-bond donors (Lipinski definition) is 1. The molecule has 4 rings (SSSR count). The highest BCUT2D eigenvalue weighted by molar-refractivity contribution is 5.75. The fraction of sp³-hybridized carbons (Fsp3) is 0.316. The van der Waals surface area contributed by atoms with Gasteiger partial charge in [0, 0.05) is 19.1 Å². The van der Waals surface area contributed by atoms with E-state index in [0.29, 0.717) is 6.04 Å². The second-order valence-electron chi connectivity index (χ2n) is 6.26. The highest BCUT2D eigenvalue weighted by Crippen LogP contribution is 2.28. The summed E-state index contributed by atoms with van der Waals surface area (Å²) in [5, 5.41) is 0. The van der Waals surface area contributed by atoms with Gasteiger partial charge in [-0.3, -0.25) is 4.90 Å². The van der Waals surface area contributed by atoms with Crippen LogP contribution in [0.15, 0.2) is 42.5 Å². The van der Waals surface area contributed by atoms with Gasteiger partial charge >= 0.3 is 0 Å². The Morgan fingerprint density at radius 1 is 1.14 bits per heavy atom. The van der Waals surface area contributed by atoms with Crippen LogP contribution in [0.2, 0.25) is 0 Å². The van der Waals surface area contributed by atoms with Crippen LogP contribution in [0.1, 0.15) is 35.5 Å². The molecular formula is C19H21N3. The zero-order chi connectivity index (χ0) is 15.1. The van der Waals surface area contributed by atoms with Crippen molar-refractivity contribution >= 4 is 11.0 Å². The standard InChI is InChI=1S/C19H21N3/c1-13(16-7-8-18-19(11-16)21-14(2)20-18)22-10-9-15-5-3-4-6-17(15)12-22/h3-8,11,13H,9-10,12H2,1-2H3,(H,20,21). The molecule has 0 spiro atoms. The molecule has 1 aromatic heterocycles. The molecule has 1 aliphatic heterocycles. The third-order valence-corrected chi connectivity index (χ3v) is 4.81. The largest absolute Gasteiger partial charge is 0.342 e. The van der Waals surface area contributed by atoms with Crippen LogP contribution in [-0.4, -0.2) is 21.4 Å². The van der Waals surface area contributed by atoms with Gasteiger partial charge in [-0.05, 0) is 49.1 Å². The van der Waals surface area contributed by atoms with Gasteiger partial charge < -0.3 is 4.98 Å². The molecule has 1 N–H and O–H groups in total. The molecule has 1 aliphatic rings. The van der Waals surface area contributed by atoms with Gasteiger partial charge in [0.15, 0.2) is 0 Å². The van der Waals surface area contributed by atoms with E-state index in [9.17, 15) is 0 Å². The average Bonchev–Trinajstić information content (AvgIpc) is 2.92. The number of benzene rings is 2. The Kier molecular flexibility index (Phi) is 3.23. The molecule has 3 nitrogen and oxygen atoms in total. The van der Waals surface area contributed by atoms with Gasteiger partial charge in [-0.2, -0.15) is 0 Å². The zero-order valence-electron chi connectivity index (χ0n) is 13.1. The number of aryl methyl sites for hydroxylation is 1. The van der Waals surface area contributed by atoms with E-state index in [1.165, 1.54) is 16.7 Å². The number of fused-ring (bicyclic) bond motifs is 2. The van der Waals surface area contributed by atoms with E-state index in [-0.39, 0.29) is 0 Å². The predicted molar refractivity (Wildman–Crippen MR) is 89.8 cm³/mol. The molecule has 0 amide bonds. The molecule has 1 unspecified atom stereocenters. The summed E-state index contributed by atoms with van der Waals surface area (Å²) in [6.45, 7) is 6.47. The second kappa shape index (κ2) is 5.25. The maximum absolute atomic E-state index is 4.49. The van der Waals surface area contributed by atoms with E-state index < -0.39 is 0 Å². The molecule has 3 aromatic rings. The van der Waals surface area contributed by atoms with Crippen LogP contribution in [0, 0.1) is 6.92 Å². The number of nitrogens with one attached hydrogen (secondary N) is 1. The SMILES string of the molecule is Cc1nc2ccc(C(C)N3CCc4ccccc4C3)cc2[nH]1. The summed E-state index contributed by atoms with van der Waals surface area (Å²) in [7, 11) is 0. The minimum absolute atomic E-state index is 0.418. The Balaban J connectivity index is 1.62. The quantitative estimate of drug-likeness (QED) is 0.774. The summed E-state index contributed by atoms with van der Waals surface area (Å²) in [6.07, 6.45) is 1.14. The fourth-order valence-electron chi connectivity index (χ4n) is 3.47. The summed E-state index contributed by atoms with van der Waals surface area (Å²) in [5.41, 5.74) is 6.52. The monoisotopic (exact) mass is 291 g/mol. The molecule has 0 fully saturated rings. The number of imidazole rings is 1. The van der Waals surface area contributed by atoms with Gasteiger partial charge in [0.1, 0.15) is 5.82 Å². The van der Waals surface area contributed by atoms with Crippen LogP contribution in [0.5, 0.6) is 0 Å². The van der Waals surface area contributed by atoms with Gasteiger partial charge in [-0.1, -0.05) is 30.3 Å². The van der Waals surface area contributed by atoms with Crippen LogP contribution < -0.4 is 0 Å². The van der Waals surface area contributed by atoms with Gasteiger partial charge in [-0.15, -0.1) is 0 Å². The van der Waals surface area contributed by atoms with E-state index in [4.69, 9.17) is 0 Å². The molecule has 0 aliphatic carbocycles. The average molecular weight is 291 g/mol. The van der Waals surface area contributed by atoms with Gasteiger partial charge in [-0.25, -0.2) is 4.98 Å². The first-order valence-electron chi connectivity index (χ1n) is 7.98. The smallest absolute Gasteiger partial charge is 0.104 e. The number of hydrogen-bond acceptors (Lipinski definition) is 2. The van der Waals surface area contributed by atoms with E-state index in [2.05, 4.69) is 64.3 Å². The Bertz CT molecular complexity index is 818. The molecular weight excluding hydrogens is 270 g/mol. The predicted octanol–water partition coefficient (Wildman–Crippen LogP) is 3.99. The lowest BCUT2D eigenvalue weighted by Crippen LogP contribution is -2.32. The molecule has 0 radical (unpaired) electrons. The summed E-state index contributed by atoms with van der Waals surface area (Å²) >= 11 is 0. The van der Waals surface area contributed by atoms with E-state index in [1.807, 2.05) is 6.92 Å². The normalized spacial score (nSPS) is 16.6. The first-order chi connectivity index (χ1) is 10.7. The van der Waals surface area contributed by atoms with Crippen molar-refractivity contribution in [3.8, 4) is 0 Å². The van der Waals surface area contributed by atoms with Crippen molar-refractivity contribution in [3.05, 3.63) is 65.0 Å². The second-order valence-corrected chi connectivity index (χ2v) is 6.26. The van der Waals surface area contributed by atoms with Crippen molar-refractivity contribution in [1.82, 2.24) is 14.9 Å². The lowest BCUT2D eigenvalue weighted by atomic mass is 9.97. The lowest BCUT2D eigenvalue weighted by molar-refractivity contribution is 0.192. The minimum atomic E-state index is 0.418. The van der Waals surface area contributed by atoms with Crippen molar-refractivity contribution in [2.24, 2.45) is 0 Å². The first-order valence-corrected chi connectivity index (χ1v) is 7.98. The number of aromatic nitrogens is 2. The topological polar surface area (TPSA) is 31.9 Å². The molecule has 2 heterocycles. The Labute approximate surface area is 131 Å². The Morgan fingerprint density at radius 3 is 2.82 bits per heavy atom. The summed E-state index contributed by atoms with van der Waals surface area (Å²) < 4.78 is 0. The van der Waals surface area contributed by atoms with Gasteiger partial charge in [0.2, 0.25) is 0 Å². The van der Waals surface area contributed by atoms with E-state index in [1.54, 1.807) is 0 Å². The third-order valence-electron chi connectivity index (χ3n) is 4.81.